The molecule has 2 aromatic rings. The van der Waals surface area contributed by atoms with Gasteiger partial charge in [-0.15, -0.1) is 0 Å². The van der Waals surface area contributed by atoms with E-state index in [1.807, 2.05) is 0 Å². The molecule has 1 aliphatic heterocycles. The summed E-state index contributed by atoms with van der Waals surface area (Å²) >= 11 is 0. The summed E-state index contributed by atoms with van der Waals surface area (Å²) < 4.78 is 5.49. The molecule has 0 spiro atoms. The molecule has 3 heterocycles. The zero-order chi connectivity index (χ0) is 14.2. The van der Waals surface area contributed by atoms with Crippen molar-refractivity contribution in [1.82, 2.24) is 25.0 Å². The third kappa shape index (κ3) is 2.17. The van der Waals surface area contributed by atoms with Crippen LogP contribution in [0.15, 0.2) is 17.0 Å². The topological polar surface area (TPSA) is 94.0 Å². The van der Waals surface area contributed by atoms with Gasteiger partial charge < -0.3 is 10.3 Å². The van der Waals surface area contributed by atoms with Crippen molar-refractivity contribution in [2.45, 2.75) is 44.2 Å². The zero-order valence-electron chi connectivity index (χ0n) is 11.8. The molecule has 1 atom stereocenters. The molecular weight excluding hydrogens is 268 g/mol. The van der Waals surface area contributed by atoms with Crippen LogP contribution < -0.4 is 5.73 Å². The van der Waals surface area contributed by atoms with Gasteiger partial charge in [-0.3, -0.25) is 4.90 Å². The molecule has 2 aromatic heterocycles. The average molecular weight is 286 g/mol. The number of rotatable bonds is 3. The Morgan fingerprint density at radius 1 is 1.24 bits per heavy atom. The lowest BCUT2D eigenvalue weighted by Gasteiger charge is -2.37. The Morgan fingerprint density at radius 3 is 2.90 bits per heavy atom. The molecule has 4 rings (SSSR count). The lowest BCUT2D eigenvalue weighted by molar-refractivity contribution is 0.0966. The molecule has 1 saturated carbocycles. The van der Waals surface area contributed by atoms with Gasteiger partial charge in [0.1, 0.15) is 12.1 Å². The minimum atomic E-state index is 0.252. The van der Waals surface area contributed by atoms with Crippen molar-refractivity contribution in [3.63, 3.8) is 0 Å². The molecule has 2 fully saturated rings. The minimum absolute atomic E-state index is 0.252. The zero-order valence-corrected chi connectivity index (χ0v) is 11.8. The Morgan fingerprint density at radius 2 is 2.14 bits per heavy atom. The molecule has 0 aromatic carbocycles. The molecule has 21 heavy (non-hydrogen) atoms. The van der Waals surface area contributed by atoms with Crippen LogP contribution in [-0.2, 0) is 0 Å². The average Bonchev–Trinajstić information content (AvgIpc) is 3.06. The van der Waals surface area contributed by atoms with Gasteiger partial charge >= 0.3 is 0 Å². The number of nitrogen functional groups attached to an aromatic ring is 1. The molecule has 1 unspecified atom stereocenters. The molecule has 7 nitrogen and oxygen atoms in total. The lowest BCUT2D eigenvalue weighted by atomic mass is 9.91. The van der Waals surface area contributed by atoms with Crippen molar-refractivity contribution in [2.24, 2.45) is 0 Å². The van der Waals surface area contributed by atoms with Crippen molar-refractivity contribution in [1.29, 1.82) is 0 Å². The van der Waals surface area contributed by atoms with Crippen LogP contribution >= 0.6 is 0 Å². The highest BCUT2D eigenvalue weighted by molar-refractivity contribution is 5.66. The second-order valence-electron chi connectivity index (χ2n) is 5.76. The monoisotopic (exact) mass is 286 g/mol. The standard InChI is InChI=1S/C14H18N6O/c15-12-10(7-16-8-17-12)13-18-14(21-19-13)11-5-2-6-20(11)9-3-1-4-9/h7-9,11H,1-6H2,(H2,15,16,17). The highest BCUT2D eigenvalue weighted by Crippen LogP contribution is 2.39. The first kappa shape index (κ1) is 12.7. The first-order valence-corrected chi connectivity index (χ1v) is 7.48. The van der Waals surface area contributed by atoms with Gasteiger partial charge in [0.05, 0.1) is 11.6 Å². The molecule has 7 heteroatoms. The maximum Gasteiger partial charge on any atom is 0.244 e. The molecule has 2 N–H and O–H groups in total. The Labute approximate surface area is 122 Å². The highest BCUT2D eigenvalue weighted by Gasteiger charge is 2.37. The summed E-state index contributed by atoms with van der Waals surface area (Å²) in [6.45, 7) is 1.13. The van der Waals surface area contributed by atoms with Crippen molar-refractivity contribution in [3.05, 3.63) is 18.4 Å². The molecule has 1 aliphatic carbocycles. The van der Waals surface area contributed by atoms with E-state index in [-0.39, 0.29) is 6.04 Å². The lowest BCUT2D eigenvalue weighted by Crippen LogP contribution is -2.39. The summed E-state index contributed by atoms with van der Waals surface area (Å²) in [6, 6.07) is 0.945. The molecule has 0 radical (unpaired) electrons. The molecular formula is C14H18N6O. The van der Waals surface area contributed by atoms with Crippen LogP contribution in [0.25, 0.3) is 11.4 Å². The van der Waals surface area contributed by atoms with Crippen LogP contribution in [0.2, 0.25) is 0 Å². The van der Waals surface area contributed by atoms with E-state index in [0.717, 1.165) is 13.0 Å². The Balaban J connectivity index is 1.60. The van der Waals surface area contributed by atoms with Gasteiger partial charge in [-0.2, -0.15) is 4.98 Å². The Hall–Kier alpha value is -2.02. The fourth-order valence-corrected chi connectivity index (χ4v) is 3.20. The van der Waals surface area contributed by atoms with Crippen LogP contribution in [-0.4, -0.2) is 37.6 Å². The Kier molecular flexibility index (Phi) is 3.07. The number of aromatic nitrogens is 4. The van der Waals surface area contributed by atoms with Crippen molar-refractivity contribution >= 4 is 5.82 Å². The number of hydrogen-bond donors (Lipinski definition) is 1. The summed E-state index contributed by atoms with van der Waals surface area (Å²) in [7, 11) is 0. The maximum atomic E-state index is 5.84. The van der Waals surface area contributed by atoms with Crippen molar-refractivity contribution in [2.75, 3.05) is 12.3 Å². The molecule has 110 valence electrons. The van der Waals surface area contributed by atoms with Crippen LogP contribution in [0.4, 0.5) is 5.82 Å². The second-order valence-corrected chi connectivity index (χ2v) is 5.76. The summed E-state index contributed by atoms with van der Waals surface area (Å²) in [5.74, 6) is 1.54. The van der Waals surface area contributed by atoms with Gasteiger partial charge in [-0.05, 0) is 32.2 Å². The Bertz CT molecular complexity index is 638. The number of anilines is 1. The van der Waals surface area contributed by atoms with Crippen LogP contribution in [0, 0.1) is 0 Å². The molecule has 1 saturated heterocycles. The predicted molar refractivity (Wildman–Crippen MR) is 76.1 cm³/mol. The summed E-state index contributed by atoms with van der Waals surface area (Å²) in [5.41, 5.74) is 6.46. The number of nitrogens with two attached hydrogens (primary N) is 1. The quantitative estimate of drug-likeness (QED) is 0.919. The summed E-state index contributed by atoms with van der Waals surface area (Å²) in [5, 5.41) is 4.06. The predicted octanol–water partition coefficient (Wildman–Crippen LogP) is 1.80. The van der Waals surface area contributed by atoms with Crippen molar-refractivity contribution < 1.29 is 4.52 Å². The van der Waals surface area contributed by atoms with Gasteiger partial charge in [0.15, 0.2) is 0 Å². The van der Waals surface area contributed by atoms with E-state index >= 15 is 0 Å². The molecule has 2 aliphatic rings. The molecule has 0 amide bonds. The van der Waals surface area contributed by atoms with Crippen LogP contribution in [0.3, 0.4) is 0 Å². The van der Waals surface area contributed by atoms with E-state index in [9.17, 15) is 0 Å². The van der Waals surface area contributed by atoms with E-state index in [0.29, 0.717) is 29.1 Å². The van der Waals surface area contributed by atoms with Crippen LogP contribution in [0.1, 0.15) is 44.0 Å². The van der Waals surface area contributed by atoms with E-state index in [1.54, 1.807) is 6.20 Å². The van der Waals surface area contributed by atoms with E-state index in [1.165, 1.54) is 32.0 Å². The second kappa shape index (κ2) is 5.07. The first-order chi connectivity index (χ1) is 10.3. The van der Waals surface area contributed by atoms with E-state index in [2.05, 4.69) is 25.0 Å². The molecule has 0 bridgehead atoms. The van der Waals surface area contributed by atoms with E-state index < -0.39 is 0 Å². The number of nitrogens with zero attached hydrogens (tertiary/aromatic N) is 5. The normalized spacial score (nSPS) is 23.3. The van der Waals surface area contributed by atoms with Gasteiger partial charge in [-0.1, -0.05) is 11.6 Å². The van der Waals surface area contributed by atoms with Gasteiger partial charge in [0, 0.05) is 12.2 Å². The van der Waals surface area contributed by atoms with Gasteiger partial charge in [0.2, 0.25) is 11.7 Å². The van der Waals surface area contributed by atoms with Gasteiger partial charge in [-0.25, -0.2) is 9.97 Å². The number of hydrogen-bond acceptors (Lipinski definition) is 7. The maximum absolute atomic E-state index is 5.84. The number of likely N-dealkylation sites (tertiary alicyclic amines) is 1. The highest BCUT2D eigenvalue weighted by atomic mass is 16.5. The van der Waals surface area contributed by atoms with Crippen LogP contribution in [0.5, 0.6) is 0 Å². The summed E-state index contributed by atoms with van der Waals surface area (Å²) in [6.07, 6.45) is 9.22. The third-order valence-corrected chi connectivity index (χ3v) is 4.55. The first-order valence-electron chi connectivity index (χ1n) is 7.48. The fraction of sp³-hybridized carbons (Fsp3) is 0.571. The van der Waals surface area contributed by atoms with Crippen molar-refractivity contribution in [3.8, 4) is 11.4 Å². The third-order valence-electron chi connectivity index (χ3n) is 4.55. The largest absolute Gasteiger partial charge is 0.383 e. The minimum Gasteiger partial charge on any atom is -0.383 e. The van der Waals surface area contributed by atoms with E-state index in [4.69, 9.17) is 10.3 Å². The summed E-state index contributed by atoms with van der Waals surface area (Å²) in [4.78, 5) is 15.0. The smallest absolute Gasteiger partial charge is 0.244 e. The van der Waals surface area contributed by atoms with Gasteiger partial charge in [0.25, 0.3) is 0 Å². The SMILES string of the molecule is Nc1ncncc1-c1noc(C2CCCN2C2CCC2)n1. The fourth-order valence-electron chi connectivity index (χ4n) is 3.20.